The number of hydrogen-bond donors (Lipinski definition) is 1. The summed E-state index contributed by atoms with van der Waals surface area (Å²) in [6.45, 7) is 10.6. The number of benzene rings is 1. The fourth-order valence-electron chi connectivity index (χ4n) is 3.76. The van der Waals surface area contributed by atoms with Crippen LogP contribution in [0.5, 0.6) is 11.5 Å². The first-order valence-electron chi connectivity index (χ1n) is 11.2. The van der Waals surface area contributed by atoms with Crippen LogP contribution < -0.4 is 9.47 Å². The van der Waals surface area contributed by atoms with Crippen molar-refractivity contribution in [3.05, 3.63) is 42.2 Å². The van der Waals surface area contributed by atoms with Gasteiger partial charge >= 0.3 is 0 Å². The third-order valence-corrected chi connectivity index (χ3v) is 5.82. The van der Waals surface area contributed by atoms with Crippen LogP contribution in [0, 0.1) is 0 Å². The summed E-state index contributed by atoms with van der Waals surface area (Å²) in [7, 11) is 3.79. The van der Waals surface area contributed by atoms with E-state index < -0.39 is 6.10 Å². The Kier molecular flexibility index (Phi) is 9.14. The van der Waals surface area contributed by atoms with Gasteiger partial charge in [0.2, 0.25) is 0 Å². The topological polar surface area (TPSA) is 66.2 Å². The second-order valence-corrected chi connectivity index (χ2v) is 8.18. The Morgan fingerprint density at radius 1 is 1.23 bits per heavy atom. The van der Waals surface area contributed by atoms with E-state index in [1.54, 1.807) is 13.3 Å². The van der Waals surface area contributed by atoms with Gasteiger partial charge in [-0.15, -0.1) is 0 Å². The third kappa shape index (κ3) is 7.50. The van der Waals surface area contributed by atoms with Gasteiger partial charge in [-0.05, 0) is 25.7 Å². The average Bonchev–Trinajstić information content (AvgIpc) is 3.31. The van der Waals surface area contributed by atoms with Crippen molar-refractivity contribution in [2.75, 3.05) is 66.6 Å². The van der Waals surface area contributed by atoms with E-state index in [2.05, 4.69) is 39.8 Å². The lowest BCUT2D eigenvalue weighted by atomic mass is 10.1. The first-order chi connectivity index (χ1) is 15.1. The summed E-state index contributed by atoms with van der Waals surface area (Å²) in [5.74, 6) is 1.53. The molecule has 1 atom stereocenters. The zero-order valence-corrected chi connectivity index (χ0v) is 19.1. The predicted molar refractivity (Wildman–Crippen MR) is 122 cm³/mol. The number of hydrogen-bond acceptors (Lipinski definition) is 7. The Morgan fingerprint density at radius 3 is 2.71 bits per heavy atom. The van der Waals surface area contributed by atoms with E-state index >= 15 is 0 Å². The molecule has 1 unspecified atom stereocenters. The Hall–Kier alpha value is -2.13. The lowest BCUT2D eigenvalue weighted by Gasteiger charge is -2.33. The minimum Gasteiger partial charge on any atom is -0.497 e. The highest BCUT2D eigenvalue weighted by atomic mass is 16.5. The third-order valence-electron chi connectivity index (χ3n) is 5.82. The molecule has 0 bridgehead atoms. The number of β-amino-alcohol motifs (C(OH)–C–C–N with tert-alkyl or cyclic N) is 1. The fraction of sp³-hybridized carbons (Fsp3) is 0.609. The SMILES string of the molecule is CCN(CCn1cccn1)Cc1ccc(OC)cc1OCC(O)CN1CCN(C)CC1. The number of likely N-dealkylation sites (N-methyl/N-ethyl adjacent to an activating group) is 2. The number of methoxy groups -OCH3 is 1. The molecule has 1 aromatic carbocycles. The summed E-state index contributed by atoms with van der Waals surface area (Å²) in [5.41, 5.74) is 1.09. The number of nitrogens with zero attached hydrogens (tertiary/aromatic N) is 5. The van der Waals surface area contributed by atoms with Crippen molar-refractivity contribution in [2.24, 2.45) is 0 Å². The van der Waals surface area contributed by atoms with Crippen molar-refractivity contribution in [1.29, 1.82) is 0 Å². The lowest BCUT2D eigenvalue weighted by molar-refractivity contribution is 0.0499. The van der Waals surface area contributed by atoms with E-state index in [1.807, 2.05) is 29.1 Å². The molecule has 0 saturated carbocycles. The second kappa shape index (κ2) is 12.0. The molecule has 1 aromatic heterocycles. The van der Waals surface area contributed by atoms with Crippen LogP contribution in [0.15, 0.2) is 36.7 Å². The van der Waals surface area contributed by atoms with E-state index in [1.165, 1.54) is 0 Å². The minimum absolute atomic E-state index is 0.270. The summed E-state index contributed by atoms with van der Waals surface area (Å²) >= 11 is 0. The number of rotatable bonds is 12. The summed E-state index contributed by atoms with van der Waals surface area (Å²) < 4.78 is 13.4. The van der Waals surface area contributed by atoms with Crippen molar-refractivity contribution >= 4 is 0 Å². The number of aliphatic hydroxyl groups excluding tert-OH is 1. The van der Waals surface area contributed by atoms with Crippen molar-refractivity contribution in [1.82, 2.24) is 24.5 Å². The van der Waals surface area contributed by atoms with E-state index in [-0.39, 0.29) is 6.61 Å². The van der Waals surface area contributed by atoms with E-state index in [4.69, 9.17) is 9.47 Å². The molecule has 2 heterocycles. The molecule has 0 radical (unpaired) electrons. The molecule has 0 spiro atoms. The largest absolute Gasteiger partial charge is 0.497 e. The van der Waals surface area contributed by atoms with Crippen molar-refractivity contribution in [3.8, 4) is 11.5 Å². The maximum Gasteiger partial charge on any atom is 0.127 e. The highest BCUT2D eigenvalue weighted by Crippen LogP contribution is 2.26. The molecule has 1 aliphatic rings. The second-order valence-electron chi connectivity index (χ2n) is 8.18. The van der Waals surface area contributed by atoms with E-state index in [0.29, 0.717) is 6.54 Å². The van der Waals surface area contributed by atoms with Crippen LogP contribution in [0.25, 0.3) is 0 Å². The number of aliphatic hydroxyl groups is 1. The van der Waals surface area contributed by atoms with E-state index in [0.717, 1.165) is 69.4 Å². The van der Waals surface area contributed by atoms with Crippen LogP contribution in [0.3, 0.4) is 0 Å². The van der Waals surface area contributed by atoms with Gasteiger partial charge in [-0.1, -0.05) is 13.0 Å². The molecule has 1 saturated heterocycles. The lowest BCUT2D eigenvalue weighted by Crippen LogP contribution is -2.47. The highest BCUT2D eigenvalue weighted by Gasteiger charge is 2.18. The zero-order chi connectivity index (χ0) is 22.1. The molecular formula is C23H37N5O3. The van der Waals surface area contributed by atoms with Crippen LogP contribution >= 0.6 is 0 Å². The first-order valence-corrected chi connectivity index (χ1v) is 11.2. The molecular weight excluding hydrogens is 394 g/mol. The van der Waals surface area contributed by atoms with Crippen molar-refractivity contribution in [3.63, 3.8) is 0 Å². The maximum atomic E-state index is 10.5. The van der Waals surface area contributed by atoms with Gasteiger partial charge in [0.05, 0.1) is 13.7 Å². The zero-order valence-electron chi connectivity index (χ0n) is 19.1. The molecule has 0 amide bonds. The van der Waals surface area contributed by atoms with Crippen molar-refractivity contribution < 1.29 is 14.6 Å². The molecule has 8 heteroatoms. The quantitative estimate of drug-likeness (QED) is 0.545. The number of ether oxygens (including phenoxy) is 2. The van der Waals surface area contributed by atoms with E-state index in [9.17, 15) is 5.11 Å². The van der Waals surface area contributed by atoms with Crippen LogP contribution in [0.1, 0.15) is 12.5 Å². The van der Waals surface area contributed by atoms with Crippen LogP contribution in [0.4, 0.5) is 0 Å². The van der Waals surface area contributed by atoms with Crippen molar-refractivity contribution in [2.45, 2.75) is 26.1 Å². The molecule has 0 aliphatic carbocycles. The molecule has 31 heavy (non-hydrogen) atoms. The van der Waals surface area contributed by atoms with Crippen LogP contribution in [-0.4, -0.2) is 102 Å². The molecule has 3 rings (SSSR count). The highest BCUT2D eigenvalue weighted by molar-refractivity contribution is 5.40. The Bertz CT molecular complexity index is 763. The summed E-state index contributed by atoms with van der Waals surface area (Å²) in [6.07, 6.45) is 3.26. The van der Waals surface area contributed by atoms with Gasteiger partial charge in [0.15, 0.2) is 0 Å². The predicted octanol–water partition coefficient (Wildman–Crippen LogP) is 1.40. The van der Waals surface area contributed by atoms with Gasteiger partial charge in [0.1, 0.15) is 24.2 Å². The number of aromatic nitrogens is 2. The molecule has 172 valence electrons. The van der Waals surface area contributed by atoms with Crippen LogP contribution in [-0.2, 0) is 13.1 Å². The van der Waals surface area contributed by atoms with Gasteiger partial charge in [0, 0.05) is 69.8 Å². The Morgan fingerprint density at radius 2 is 2.03 bits per heavy atom. The van der Waals surface area contributed by atoms with Gasteiger partial charge in [0.25, 0.3) is 0 Å². The first kappa shape index (κ1) is 23.5. The Balaban J connectivity index is 1.56. The van der Waals surface area contributed by atoms with Gasteiger partial charge < -0.3 is 19.5 Å². The molecule has 1 N–H and O–H groups in total. The molecule has 1 aliphatic heterocycles. The maximum absolute atomic E-state index is 10.5. The summed E-state index contributed by atoms with van der Waals surface area (Å²) in [6, 6.07) is 7.88. The van der Waals surface area contributed by atoms with Crippen LogP contribution in [0.2, 0.25) is 0 Å². The Labute approximate surface area is 185 Å². The fourth-order valence-corrected chi connectivity index (χ4v) is 3.76. The van der Waals surface area contributed by atoms with Gasteiger partial charge in [-0.3, -0.25) is 14.5 Å². The molecule has 2 aromatic rings. The standard InChI is InChI=1S/C23H37N5O3/c1-4-26(14-15-28-9-5-8-24-28)17-20-6-7-22(30-3)16-23(20)31-19-21(29)18-27-12-10-25(2)11-13-27/h5-9,16,21,29H,4,10-15,17-19H2,1-3H3. The van der Waals surface area contributed by atoms with Gasteiger partial charge in [-0.25, -0.2) is 0 Å². The monoisotopic (exact) mass is 431 g/mol. The smallest absolute Gasteiger partial charge is 0.127 e. The molecule has 1 fully saturated rings. The normalized spacial score (nSPS) is 16.5. The summed E-state index contributed by atoms with van der Waals surface area (Å²) in [5, 5.41) is 14.8. The molecule has 8 nitrogen and oxygen atoms in total. The number of piperazine rings is 1. The summed E-state index contributed by atoms with van der Waals surface area (Å²) in [4.78, 5) is 6.97. The average molecular weight is 432 g/mol. The van der Waals surface area contributed by atoms with Gasteiger partial charge in [-0.2, -0.15) is 5.10 Å². The minimum atomic E-state index is -0.524.